The summed E-state index contributed by atoms with van der Waals surface area (Å²) in [6.07, 6.45) is 0. The highest BCUT2D eigenvalue weighted by Gasteiger charge is 2.56. The summed E-state index contributed by atoms with van der Waals surface area (Å²) >= 11 is 5.92. The molecular formula is C22H24ClN2O4+. The number of aliphatic hydroxyl groups is 1. The molecule has 2 atom stereocenters. The van der Waals surface area contributed by atoms with Crippen LogP contribution >= 0.6 is 11.6 Å². The molecule has 0 spiro atoms. The maximum absolute atomic E-state index is 13.4. The fraction of sp³-hybridized carbons (Fsp3) is 0.364. The van der Waals surface area contributed by atoms with E-state index >= 15 is 0 Å². The van der Waals surface area contributed by atoms with Crippen LogP contribution in [0.4, 0.5) is 5.69 Å². The zero-order valence-electron chi connectivity index (χ0n) is 16.2. The lowest BCUT2D eigenvalue weighted by Crippen LogP contribution is -3.15. The zero-order chi connectivity index (χ0) is 20.6. The van der Waals surface area contributed by atoms with Gasteiger partial charge in [0, 0.05) is 16.1 Å². The van der Waals surface area contributed by atoms with Gasteiger partial charge in [-0.2, -0.15) is 0 Å². The van der Waals surface area contributed by atoms with Crippen LogP contribution in [-0.2, 0) is 15.1 Å². The predicted molar refractivity (Wildman–Crippen MR) is 109 cm³/mol. The first-order valence-electron chi connectivity index (χ1n) is 9.78. The maximum atomic E-state index is 13.4. The Kier molecular flexibility index (Phi) is 5.44. The van der Waals surface area contributed by atoms with Crippen LogP contribution in [0, 0.1) is 5.92 Å². The number of fused-ring (bicyclic) bond motifs is 1. The van der Waals surface area contributed by atoms with Gasteiger partial charge in [0.05, 0.1) is 24.8 Å². The molecule has 2 aromatic carbocycles. The number of quaternary nitrogens is 1. The van der Waals surface area contributed by atoms with Gasteiger partial charge in [-0.1, -0.05) is 36.7 Å². The second-order valence-electron chi connectivity index (χ2n) is 7.63. The van der Waals surface area contributed by atoms with Crippen molar-refractivity contribution in [2.45, 2.75) is 12.5 Å². The van der Waals surface area contributed by atoms with Crippen molar-refractivity contribution in [3.8, 4) is 0 Å². The first-order chi connectivity index (χ1) is 13.9. The van der Waals surface area contributed by atoms with Crippen LogP contribution in [0.1, 0.15) is 22.8 Å². The van der Waals surface area contributed by atoms with Gasteiger partial charge < -0.3 is 14.7 Å². The minimum absolute atomic E-state index is 0.298. The van der Waals surface area contributed by atoms with Crippen molar-refractivity contribution in [1.29, 1.82) is 0 Å². The molecule has 1 amide bonds. The Labute approximate surface area is 174 Å². The number of morpholine rings is 1. The van der Waals surface area contributed by atoms with E-state index in [1.54, 1.807) is 48.2 Å². The number of rotatable bonds is 5. The van der Waals surface area contributed by atoms with E-state index < -0.39 is 17.4 Å². The molecule has 2 aliphatic rings. The Morgan fingerprint density at radius 1 is 1.21 bits per heavy atom. The van der Waals surface area contributed by atoms with Crippen LogP contribution in [-0.4, -0.2) is 49.8 Å². The summed E-state index contributed by atoms with van der Waals surface area (Å²) in [4.78, 5) is 29.4. The highest BCUT2D eigenvalue weighted by atomic mass is 35.5. The molecule has 4 rings (SSSR count). The average Bonchev–Trinajstić information content (AvgIpc) is 2.97. The standard InChI is InChI=1S/C22H23ClN2O4/c1-15(20(26)16-6-8-17(23)9-7-16)22(28)18-4-2-3-5-19(18)25(21(22)27)14-24-10-12-29-13-11-24/h2-9,15,28H,10-14H2,1H3/p+1/t15-,22+/m0/s1. The third-order valence-corrected chi connectivity index (χ3v) is 6.16. The van der Waals surface area contributed by atoms with E-state index in [1.807, 2.05) is 12.1 Å². The number of hydrogen-bond donors (Lipinski definition) is 2. The van der Waals surface area contributed by atoms with Crippen LogP contribution in [0.15, 0.2) is 48.5 Å². The molecule has 2 N–H and O–H groups in total. The number of Topliss-reactive ketones (excluding diaryl/α,β-unsaturated/α-hetero) is 1. The topological polar surface area (TPSA) is 71.3 Å². The summed E-state index contributed by atoms with van der Waals surface area (Å²) in [5.74, 6) is -1.69. The second-order valence-corrected chi connectivity index (χ2v) is 8.07. The lowest BCUT2D eigenvalue weighted by Gasteiger charge is -2.31. The number of carbonyl (C=O) groups is 2. The van der Waals surface area contributed by atoms with Crippen molar-refractivity contribution >= 4 is 29.0 Å². The van der Waals surface area contributed by atoms with E-state index in [0.717, 1.165) is 13.1 Å². The van der Waals surface area contributed by atoms with E-state index in [9.17, 15) is 14.7 Å². The van der Waals surface area contributed by atoms with Crippen LogP contribution < -0.4 is 9.80 Å². The number of para-hydroxylation sites is 1. The first kappa shape index (κ1) is 20.0. The minimum atomic E-state index is -1.90. The number of nitrogens with one attached hydrogen (secondary N) is 1. The molecule has 0 saturated carbocycles. The molecule has 0 aromatic heterocycles. The number of hydrogen-bond acceptors (Lipinski definition) is 4. The molecule has 0 aliphatic carbocycles. The first-order valence-corrected chi connectivity index (χ1v) is 10.2. The number of anilines is 1. The van der Waals surface area contributed by atoms with Gasteiger partial charge in [0.1, 0.15) is 13.1 Å². The van der Waals surface area contributed by atoms with E-state index in [2.05, 4.69) is 0 Å². The molecule has 1 saturated heterocycles. The number of nitrogens with zero attached hydrogens (tertiary/aromatic N) is 1. The Balaban J connectivity index is 1.67. The summed E-state index contributed by atoms with van der Waals surface area (Å²) in [6.45, 7) is 4.93. The molecule has 29 heavy (non-hydrogen) atoms. The minimum Gasteiger partial charge on any atom is -0.375 e. The summed E-state index contributed by atoms with van der Waals surface area (Å²) < 4.78 is 5.40. The number of ether oxygens (including phenoxy) is 1. The molecule has 2 aromatic rings. The largest absolute Gasteiger partial charge is 0.375 e. The third-order valence-electron chi connectivity index (χ3n) is 5.91. The SMILES string of the molecule is C[C@@H](C(=O)c1ccc(Cl)cc1)[C@]1(O)C(=O)N(C[NH+]2CCOCC2)c2ccccc21. The summed E-state index contributed by atoms with van der Waals surface area (Å²) in [5.41, 5.74) is -0.348. The molecular weight excluding hydrogens is 392 g/mol. The van der Waals surface area contributed by atoms with E-state index in [1.165, 1.54) is 4.90 Å². The Morgan fingerprint density at radius 3 is 2.55 bits per heavy atom. The van der Waals surface area contributed by atoms with Crippen molar-refractivity contribution in [3.05, 3.63) is 64.7 Å². The number of halogens is 1. The molecule has 152 valence electrons. The summed E-state index contributed by atoms with van der Waals surface area (Å²) in [6, 6.07) is 13.7. The monoisotopic (exact) mass is 415 g/mol. The third kappa shape index (κ3) is 3.46. The molecule has 0 radical (unpaired) electrons. The zero-order valence-corrected chi connectivity index (χ0v) is 17.0. The van der Waals surface area contributed by atoms with Gasteiger partial charge >= 0.3 is 0 Å². The molecule has 2 heterocycles. The van der Waals surface area contributed by atoms with Crippen molar-refractivity contribution in [2.24, 2.45) is 5.92 Å². The Hall–Kier alpha value is -2.25. The van der Waals surface area contributed by atoms with Crippen molar-refractivity contribution in [1.82, 2.24) is 0 Å². The highest BCUT2D eigenvalue weighted by molar-refractivity contribution is 6.30. The second kappa shape index (κ2) is 7.88. The number of amides is 1. The number of ketones is 1. The normalized spacial score (nSPS) is 23.1. The van der Waals surface area contributed by atoms with Gasteiger partial charge in [-0.15, -0.1) is 0 Å². The quantitative estimate of drug-likeness (QED) is 0.721. The van der Waals surface area contributed by atoms with Gasteiger partial charge in [0.2, 0.25) is 0 Å². The Bertz CT molecular complexity index is 927. The fourth-order valence-electron chi connectivity index (χ4n) is 4.13. The van der Waals surface area contributed by atoms with Crippen LogP contribution in [0.25, 0.3) is 0 Å². The van der Waals surface area contributed by atoms with Gasteiger partial charge in [-0.05, 0) is 30.3 Å². The van der Waals surface area contributed by atoms with E-state index in [4.69, 9.17) is 16.3 Å². The fourth-order valence-corrected chi connectivity index (χ4v) is 4.26. The lowest BCUT2D eigenvalue weighted by atomic mass is 9.79. The van der Waals surface area contributed by atoms with Gasteiger partial charge in [-0.25, -0.2) is 0 Å². The van der Waals surface area contributed by atoms with E-state index in [-0.39, 0.29) is 5.78 Å². The predicted octanol–water partition coefficient (Wildman–Crippen LogP) is 1.27. The molecule has 0 bridgehead atoms. The smallest absolute Gasteiger partial charge is 0.268 e. The molecule has 2 aliphatic heterocycles. The van der Waals surface area contributed by atoms with E-state index in [0.29, 0.717) is 41.7 Å². The van der Waals surface area contributed by atoms with Gasteiger partial charge in [-0.3, -0.25) is 14.5 Å². The maximum Gasteiger partial charge on any atom is 0.268 e. The average molecular weight is 416 g/mol. The Morgan fingerprint density at radius 2 is 1.86 bits per heavy atom. The van der Waals surface area contributed by atoms with Gasteiger partial charge in [0.15, 0.2) is 18.1 Å². The summed E-state index contributed by atoms with van der Waals surface area (Å²) in [7, 11) is 0. The van der Waals surface area contributed by atoms with Crippen LogP contribution in [0.5, 0.6) is 0 Å². The lowest BCUT2D eigenvalue weighted by molar-refractivity contribution is -0.906. The van der Waals surface area contributed by atoms with Crippen molar-refractivity contribution in [2.75, 3.05) is 37.9 Å². The van der Waals surface area contributed by atoms with Crippen molar-refractivity contribution in [3.63, 3.8) is 0 Å². The van der Waals surface area contributed by atoms with Crippen LogP contribution in [0.3, 0.4) is 0 Å². The molecule has 0 unspecified atom stereocenters. The van der Waals surface area contributed by atoms with Gasteiger partial charge in [0.25, 0.3) is 5.91 Å². The van der Waals surface area contributed by atoms with Crippen molar-refractivity contribution < 1.29 is 24.3 Å². The van der Waals surface area contributed by atoms with Crippen LogP contribution in [0.2, 0.25) is 5.02 Å². The molecule has 7 heteroatoms. The molecule has 6 nitrogen and oxygen atoms in total. The highest BCUT2D eigenvalue weighted by Crippen LogP contribution is 2.45. The number of carbonyl (C=O) groups excluding carboxylic acids is 2. The summed E-state index contributed by atoms with van der Waals surface area (Å²) in [5, 5.41) is 12.1. The number of benzene rings is 2. The molecule has 1 fully saturated rings.